The lowest BCUT2D eigenvalue weighted by Crippen LogP contribution is -2.47. The second-order valence-electron chi connectivity index (χ2n) is 6.97. The van der Waals surface area contributed by atoms with Crippen LogP contribution in [0.2, 0.25) is 25.7 Å². The Morgan fingerprint density at radius 1 is 1.14 bits per heavy atom. The van der Waals surface area contributed by atoms with Crippen LogP contribution < -0.4 is 4.90 Å². The summed E-state index contributed by atoms with van der Waals surface area (Å²) in [6.45, 7) is 15.9. The fraction of sp³-hybridized carbons (Fsp3) is 0.857. The van der Waals surface area contributed by atoms with Crippen LogP contribution in [0, 0.1) is 0 Å². The molecule has 1 aliphatic heterocycles. The summed E-state index contributed by atoms with van der Waals surface area (Å²) in [6.07, 6.45) is 0. The molecule has 6 nitrogen and oxygen atoms in total. The summed E-state index contributed by atoms with van der Waals surface area (Å²) in [6, 6.07) is 1.18. The number of anilines is 1. The average molecular weight is 390 g/mol. The van der Waals surface area contributed by atoms with Gasteiger partial charge in [-0.05, 0) is 28.5 Å². The third-order valence-electron chi connectivity index (χ3n) is 4.01. The van der Waals surface area contributed by atoms with E-state index in [9.17, 15) is 0 Å². The first kappa shape index (κ1) is 17.9. The van der Waals surface area contributed by atoms with Crippen molar-refractivity contribution in [2.75, 3.05) is 44.2 Å². The predicted molar refractivity (Wildman–Crippen MR) is 96.2 cm³/mol. The molecule has 1 aliphatic rings. The molecule has 1 saturated heterocycles. The highest BCUT2D eigenvalue weighted by molar-refractivity contribution is 9.10. The molecule has 1 aromatic rings. The minimum atomic E-state index is -1.04. The van der Waals surface area contributed by atoms with E-state index in [1.165, 1.54) is 6.04 Å². The summed E-state index contributed by atoms with van der Waals surface area (Å²) < 4.78 is 8.62. The molecule has 2 rings (SSSR count). The number of hydrogen-bond donors (Lipinski definition) is 0. The van der Waals surface area contributed by atoms with E-state index in [0.717, 1.165) is 50.0 Å². The first-order chi connectivity index (χ1) is 10.4. The number of ether oxygens (including phenoxy) is 1. The van der Waals surface area contributed by atoms with E-state index < -0.39 is 8.07 Å². The second kappa shape index (κ2) is 7.90. The van der Waals surface area contributed by atoms with Crippen LogP contribution in [0.15, 0.2) is 4.73 Å². The lowest BCUT2D eigenvalue weighted by molar-refractivity contribution is 0.0859. The standard InChI is InChI=1S/C14H28BrN5OSi/c1-5-18-6-8-19(9-7-18)14-17-16-13(15)20(14)12-21-10-11-22(2,3)4/h5-12H2,1-4H3. The fourth-order valence-corrected chi connectivity index (χ4v) is 3.52. The highest BCUT2D eigenvalue weighted by Crippen LogP contribution is 2.19. The van der Waals surface area contributed by atoms with Crippen molar-refractivity contribution >= 4 is 30.0 Å². The van der Waals surface area contributed by atoms with E-state index in [0.29, 0.717) is 6.73 Å². The molecule has 0 aromatic carbocycles. The highest BCUT2D eigenvalue weighted by atomic mass is 79.9. The molecule has 0 radical (unpaired) electrons. The summed E-state index contributed by atoms with van der Waals surface area (Å²) in [7, 11) is -1.04. The normalized spacial score (nSPS) is 17.2. The molecule has 0 aliphatic carbocycles. The molecule has 126 valence electrons. The van der Waals surface area contributed by atoms with Crippen LogP contribution in [0.25, 0.3) is 0 Å². The lowest BCUT2D eigenvalue weighted by atomic mass is 10.3. The maximum atomic E-state index is 5.86. The smallest absolute Gasteiger partial charge is 0.229 e. The van der Waals surface area contributed by atoms with E-state index in [4.69, 9.17) is 4.74 Å². The van der Waals surface area contributed by atoms with Gasteiger partial charge in [0.15, 0.2) is 0 Å². The first-order valence-electron chi connectivity index (χ1n) is 8.04. The molecule has 1 fully saturated rings. The molecule has 22 heavy (non-hydrogen) atoms. The van der Waals surface area contributed by atoms with Crippen molar-refractivity contribution in [3.8, 4) is 0 Å². The zero-order valence-corrected chi connectivity index (χ0v) is 16.8. The monoisotopic (exact) mass is 389 g/mol. The van der Waals surface area contributed by atoms with Crippen molar-refractivity contribution < 1.29 is 4.74 Å². The van der Waals surface area contributed by atoms with Crippen molar-refractivity contribution in [2.24, 2.45) is 0 Å². The summed E-state index contributed by atoms with van der Waals surface area (Å²) >= 11 is 3.48. The first-order valence-corrected chi connectivity index (χ1v) is 12.5. The van der Waals surface area contributed by atoms with E-state index >= 15 is 0 Å². The molecular formula is C14H28BrN5OSi. The molecular weight excluding hydrogens is 362 g/mol. The Morgan fingerprint density at radius 2 is 1.82 bits per heavy atom. The fourth-order valence-electron chi connectivity index (χ4n) is 2.42. The Bertz CT molecular complexity index is 468. The molecule has 0 saturated carbocycles. The number of nitrogens with zero attached hydrogens (tertiary/aromatic N) is 5. The van der Waals surface area contributed by atoms with Crippen LogP contribution in [0.4, 0.5) is 5.95 Å². The van der Waals surface area contributed by atoms with E-state index in [2.05, 4.69) is 62.5 Å². The van der Waals surface area contributed by atoms with Gasteiger partial charge in [0.05, 0.1) is 0 Å². The third kappa shape index (κ3) is 5.04. The molecule has 1 aromatic heterocycles. The quantitative estimate of drug-likeness (QED) is 0.529. The van der Waals surface area contributed by atoms with Gasteiger partial charge in [0.2, 0.25) is 10.7 Å². The molecule has 0 N–H and O–H groups in total. The predicted octanol–water partition coefficient (Wildman–Crippen LogP) is 2.49. The van der Waals surface area contributed by atoms with Gasteiger partial charge in [-0.2, -0.15) is 0 Å². The summed E-state index contributed by atoms with van der Waals surface area (Å²) in [4.78, 5) is 4.75. The Hall–Kier alpha value is -0.443. The molecule has 0 unspecified atom stereocenters. The molecule has 0 spiro atoms. The molecule has 0 amide bonds. The van der Waals surface area contributed by atoms with Crippen LogP contribution in [0.5, 0.6) is 0 Å². The van der Waals surface area contributed by atoms with Gasteiger partial charge in [0.25, 0.3) is 0 Å². The van der Waals surface area contributed by atoms with E-state index in [1.54, 1.807) is 0 Å². The SMILES string of the molecule is CCN1CCN(c2nnc(Br)n2COCC[Si](C)(C)C)CC1. The van der Waals surface area contributed by atoms with Crippen molar-refractivity contribution in [3.63, 3.8) is 0 Å². The Balaban J connectivity index is 1.91. The Morgan fingerprint density at radius 3 is 2.41 bits per heavy atom. The average Bonchev–Trinajstić information content (AvgIpc) is 2.84. The number of piperazine rings is 1. The number of aromatic nitrogens is 3. The minimum absolute atomic E-state index is 0.515. The van der Waals surface area contributed by atoms with E-state index in [-0.39, 0.29) is 0 Å². The van der Waals surface area contributed by atoms with Crippen molar-refractivity contribution in [1.82, 2.24) is 19.7 Å². The van der Waals surface area contributed by atoms with Crippen molar-refractivity contribution in [1.29, 1.82) is 0 Å². The van der Waals surface area contributed by atoms with Crippen molar-refractivity contribution in [3.05, 3.63) is 4.73 Å². The number of hydrogen-bond acceptors (Lipinski definition) is 5. The topological polar surface area (TPSA) is 46.4 Å². The van der Waals surface area contributed by atoms with Crippen LogP contribution in [0.3, 0.4) is 0 Å². The number of rotatable bonds is 7. The molecule has 8 heteroatoms. The maximum absolute atomic E-state index is 5.86. The largest absolute Gasteiger partial charge is 0.361 e. The van der Waals surface area contributed by atoms with Gasteiger partial charge in [-0.25, -0.2) is 0 Å². The van der Waals surface area contributed by atoms with Crippen molar-refractivity contribution in [2.45, 2.75) is 39.3 Å². The summed E-state index contributed by atoms with van der Waals surface area (Å²) in [5.74, 6) is 0.913. The summed E-state index contributed by atoms with van der Waals surface area (Å²) in [5, 5.41) is 8.48. The van der Waals surface area contributed by atoms with Gasteiger partial charge >= 0.3 is 0 Å². The summed E-state index contributed by atoms with van der Waals surface area (Å²) in [5.41, 5.74) is 0. The van der Waals surface area contributed by atoms with E-state index in [1.807, 2.05) is 4.57 Å². The lowest BCUT2D eigenvalue weighted by Gasteiger charge is -2.34. The zero-order chi connectivity index (χ0) is 16.2. The van der Waals surface area contributed by atoms with Gasteiger partial charge in [-0.15, -0.1) is 10.2 Å². The molecule has 2 heterocycles. The van der Waals surface area contributed by atoms with Gasteiger partial charge < -0.3 is 14.5 Å². The maximum Gasteiger partial charge on any atom is 0.229 e. The Kier molecular flexibility index (Phi) is 6.43. The van der Waals surface area contributed by atoms with Crippen LogP contribution in [-0.2, 0) is 11.5 Å². The van der Waals surface area contributed by atoms with Crippen LogP contribution in [0.1, 0.15) is 6.92 Å². The number of likely N-dealkylation sites (N-methyl/N-ethyl adjacent to an activating group) is 1. The van der Waals surface area contributed by atoms with Gasteiger partial charge in [0, 0.05) is 40.9 Å². The van der Waals surface area contributed by atoms with Crippen LogP contribution in [-0.4, -0.2) is 67.1 Å². The second-order valence-corrected chi connectivity index (χ2v) is 13.3. The molecule has 0 bridgehead atoms. The van der Waals surface area contributed by atoms with Gasteiger partial charge in [0.1, 0.15) is 6.73 Å². The third-order valence-corrected chi connectivity index (χ3v) is 6.30. The Labute approximate surface area is 143 Å². The van der Waals surface area contributed by atoms with Gasteiger partial charge in [-0.1, -0.05) is 26.6 Å². The molecule has 0 atom stereocenters. The minimum Gasteiger partial charge on any atom is -0.361 e. The van der Waals surface area contributed by atoms with Crippen LogP contribution >= 0.6 is 15.9 Å². The van der Waals surface area contributed by atoms with Gasteiger partial charge in [-0.3, -0.25) is 4.57 Å². The zero-order valence-electron chi connectivity index (χ0n) is 14.2. The highest BCUT2D eigenvalue weighted by Gasteiger charge is 2.22. The number of halogens is 1.